The van der Waals surface area contributed by atoms with Crippen molar-refractivity contribution in [2.75, 3.05) is 0 Å². The van der Waals surface area contributed by atoms with E-state index >= 15 is 0 Å². The van der Waals surface area contributed by atoms with Crippen LogP contribution < -0.4 is 0 Å². The standard InChI is InChI=1S/BFO.FH/c2-1-3;/h;1H. The number of halogens is 2. The molecule has 0 aliphatic carbocycles. The zero-order valence-electron chi connectivity index (χ0n) is 1.77. The number of hydrogen-bond acceptors (Lipinski definition) is 1. The minimum atomic E-state index is -0.750. The van der Waals surface area contributed by atoms with E-state index in [1.807, 2.05) is 0 Å². The normalized spacial score (nSPS) is 2.25. The van der Waals surface area contributed by atoms with E-state index in [0.29, 0.717) is 0 Å². The molecule has 0 unspecified atom stereocenters. The van der Waals surface area contributed by atoms with Gasteiger partial charge in [0.15, 0.2) is 0 Å². The molecule has 0 atom stereocenters. The van der Waals surface area contributed by atoms with Crippen molar-refractivity contribution in [3.05, 3.63) is 0 Å². The molecule has 0 rings (SSSR count). The summed E-state index contributed by atoms with van der Waals surface area (Å²) in [5.41, 5.74) is 0. The molecular weight excluding hydrogens is 64.8 g/mol. The quantitative estimate of drug-likeness (QED) is 0.365. The fourth-order valence-corrected chi connectivity index (χ4v) is 0. The number of hydrogen-bond donors (Lipinski definition) is 0. The van der Waals surface area contributed by atoms with Crippen molar-refractivity contribution in [1.82, 2.24) is 0 Å². The van der Waals surface area contributed by atoms with Gasteiger partial charge in [-0.05, 0) is 0 Å². The van der Waals surface area contributed by atoms with E-state index in [9.17, 15) is 4.32 Å². The van der Waals surface area contributed by atoms with Gasteiger partial charge < -0.3 is 0 Å². The predicted octanol–water partition coefficient (Wildman–Crippen LogP) is 0.0731. The van der Waals surface area contributed by atoms with Gasteiger partial charge in [-0.3, -0.25) is 4.70 Å². The van der Waals surface area contributed by atoms with Crippen molar-refractivity contribution in [2.45, 2.75) is 0 Å². The molecule has 0 fully saturated rings. The molecule has 1 nitrogen and oxygen atoms in total. The Labute approximate surface area is 22.5 Å². The summed E-state index contributed by atoms with van der Waals surface area (Å²) >= 11 is 0. The first-order chi connectivity index (χ1) is 1.41. The predicted molar refractivity (Wildman–Crippen MR) is 10.1 cm³/mol. The first kappa shape index (κ1) is 9.30. The Morgan fingerprint density at radius 3 is 1.75 bits per heavy atom. The summed E-state index contributed by atoms with van der Waals surface area (Å²) in [6.07, 6.45) is 0. The Morgan fingerprint density at radius 2 is 1.75 bits per heavy atom. The molecule has 0 aromatic carbocycles. The zero-order valence-corrected chi connectivity index (χ0v) is 1.77. The molecule has 0 aromatic heterocycles. The monoisotopic (exact) mass is 66.0 g/mol. The molecular formula is HBF2O. The maximum atomic E-state index is 9.61. The van der Waals surface area contributed by atoms with Gasteiger partial charge in [0, 0.05) is 0 Å². The average molecular weight is 65.8 g/mol. The first-order valence-corrected chi connectivity index (χ1v) is 0.454. The van der Waals surface area contributed by atoms with Crippen molar-refractivity contribution >= 4 is 7.43 Å². The van der Waals surface area contributed by atoms with Gasteiger partial charge in [-0.2, -0.15) is 0 Å². The summed E-state index contributed by atoms with van der Waals surface area (Å²) in [7, 11) is -0.750. The molecule has 0 amide bonds. The van der Waals surface area contributed by atoms with Crippen LogP contribution in [0.4, 0.5) is 9.02 Å². The second kappa shape index (κ2) is 15.4. The van der Waals surface area contributed by atoms with Crippen molar-refractivity contribution < 1.29 is 13.7 Å². The molecule has 0 saturated heterocycles. The summed E-state index contributed by atoms with van der Waals surface area (Å²) < 4.78 is 17.8. The van der Waals surface area contributed by atoms with E-state index in [1.54, 1.807) is 0 Å². The molecule has 4 heavy (non-hydrogen) atoms. The van der Waals surface area contributed by atoms with E-state index in [-0.39, 0.29) is 4.70 Å². The van der Waals surface area contributed by atoms with Gasteiger partial charge in [-0.15, -0.1) is 0 Å². The van der Waals surface area contributed by atoms with Gasteiger partial charge >= 0.3 is 16.4 Å². The van der Waals surface area contributed by atoms with Crippen LogP contribution in [0, 0.1) is 0 Å². The summed E-state index contributed by atoms with van der Waals surface area (Å²) in [6.45, 7) is 0. The van der Waals surface area contributed by atoms with Crippen LogP contribution >= 0.6 is 0 Å². The van der Waals surface area contributed by atoms with Gasteiger partial charge in [0.25, 0.3) is 0 Å². The molecule has 0 radical (unpaired) electrons. The minimum absolute atomic E-state index is 0. The van der Waals surface area contributed by atoms with Crippen molar-refractivity contribution in [3.63, 3.8) is 0 Å². The van der Waals surface area contributed by atoms with Crippen LogP contribution in [0.15, 0.2) is 0 Å². The van der Waals surface area contributed by atoms with Gasteiger partial charge in [-0.1, -0.05) is 0 Å². The fourth-order valence-electron chi connectivity index (χ4n) is 0. The van der Waals surface area contributed by atoms with Crippen molar-refractivity contribution in [1.29, 1.82) is 0 Å². The third kappa shape index (κ3) is 12.0. The molecule has 0 heterocycles. The molecule has 0 aliphatic rings. The Kier molecular flexibility index (Phi) is 35.9. The van der Waals surface area contributed by atoms with E-state index in [4.69, 9.17) is 4.70 Å². The second-order valence-electron chi connectivity index (χ2n) is 0.0891. The molecule has 0 aromatic rings. The molecule has 0 bridgehead atoms. The molecule has 0 N–H and O–H groups in total. The average Bonchev–Trinajstić information content (AvgIpc) is 0.918. The molecule has 0 saturated carbocycles. The van der Waals surface area contributed by atoms with E-state index in [1.165, 1.54) is 0 Å². The first-order valence-electron chi connectivity index (χ1n) is 0.454. The zero-order chi connectivity index (χ0) is 2.71. The fraction of sp³-hybridized carbons (Fsp3) is 0. The van der Waals surface area contributed by atoms with Crippen LogP contribution in [0.1, 0.15) is 0 Å². The van der Waals surface area contributed by atoms with E-state index in [0.717, 1.165) is 0 Å². The van der Waals surface area contributed by atoms with Gasteiger partial charge in [-0.25, -0.2) is 0 Å². The Balaban J connectivity index is 0. The Hall–Kier alpha value is -0.275. The van der Waals surface area contributed by atoms with E-state index in [2.05, 4.69) is 0 Å². The maximum absolute atomic E-state index is 9.61. The summed E-state index contributed by atoms with van der Waals surface area (Å²) in [6, 6.07) is 0. The van der Waals surface area contributed by atoms with Crippen LogP contribution in [-0.4, -0.2) is 7.43 Å². The van der Waals surface area contributed by atoms with Crippen LogP contribution in [0.25, 0.3) is 0 Å². The molecule has 24 valence electrons. The van der Waals surface area contributed by atoms with Crippen molar-refractivity contribution in [3.8, 4) is 0 Å². The summed E-state index contributed by atoms with van der Waals surface area (Å²) in [5, 5.41) is 0. The SMILES string of the molecule is F.O=BF. The number of rotatable bonds is 0. The van der Waals surface area contributed by atoms with Gasteiger partial charge in [0.05, 0.1) is 0 Å². The van der Waals surface area contributed by atoms with E-state index < -0.39 is 7.43 Å². The molecule has 0 spiro atoms. The molecule has 0 aliphatic heterocycles. The van der Waals surface area contributed by atoms with Crippen LogP contribution in [0.2, 0.25) is 0 Å². The van der Waals surface area contributed by atoms with Gasteiger partial charge in [0.1, 0.15) is 0 Å². The Morgan fingerprint density at radius 1 is 1.75 bits per heavy atom. The Bertz CT molecular complexity index is 13.5. The van der Waals surface area contributed by atoms with Gasteiger partial charge in [0.2, 0.25) is 0 Å². The van der Waals surface area contributed by atoms with Crippen LogP contribution in [-0.2, 0) is 4.70 Å². The summed E-state index contributed by atoms with van der Waals surface area (Å²) in [4.78, 5) is 0. The van der Waals surface area contributed by atoms with Crippen LogP contribution in [0.3, 0.4) is 0 Å². The third-order valence-corrected chi connectivity index (χ3v) is 0. The topological polar surface area (TPSA) is 17.1 Å². The second-order valence-corrected chi connectivity index (χ2v) is 0.0891. The summed E-state index contributed by atoms with van der Waals surface area (Å²) in [5.74, 6) is 0. The van der Waals surface area contributed by atoms with Crippen LogP contribution in [0.5, 0.6) is 0 Å². The molecule has 4 heteroatoms. The van der Waals surface area contributed by atoms with Crippen molar-refractivity contribution in [2.24, 2.45) is 0 Å². The third-order valence-electron chi connectivity index (χ3n) is 0.